The summed E-state index contributed by atoms with van der Waals surface area (Å²) in [5, 5.41) is 0. The molecular weight excluding hydrogens is 158 g/mol. The van der Waals surface area contributed by atoms with Crippen molar-refractivity contribution in [3.05, 3.63) is 0 Å². The fourth-order valence-electron chi connectivity index (χ4n) is 3.50. The van der Waals surface area contributed by atoms with E-state index in [1.54, 1.807) is 0 Å². The number of hydrogen-bond donors (Lipinski definition) is 0. The summed E-state index contributed by atoms with van der Waals surface area (Å²) in [6.45, 7) is 3.72. The standard InChI is InChI=1S/C12H23N/c1-3-11-9-12(10-13(11)2)7-5-4-6-8-12/h11H,3-10H2,1-2H3/t11-/m1/s1. The van der Waals surface area contributed by atoms with Gasteiger partial charge >= 0.3 is 0 Å². The lowest BCUT2D eigenvalue weighted by molar-refractivity contribution is 0.195. The molecule has 0 radical (unpaired) electrons. The van der Waals surface area contributed by atoms with Crippen LogP contribution in [-0.4, -0.2) is 24.5 Å². The molecule has 13 heavy (non-hydrogen) atoms. The Balaban J connectivity index is 2.01. The predicted octanol–water partition coefficient (Wildman–Crippen LogP) is 3.05. The minimum absolute atomic E-state index is 0.744. The van der Waals surface area contributed by atoms with Gasteiger partial charge in [0.2, 0.25) is 0 Å². The molecule has 0 bridgehead atoms. The van der Waals surface area contributed by atoms with Gasteiger partial charge in [0.15, 0.2) is 0 Å². The van der Waals surface area contributed by atoms with Crippen LogP contribution in [0.5, 0.6) is 0 Å². The second-order valence-corrected chi connectivity index (χ2v) is 5.24. The topological polar surface area (TPSA) is 3.24 Å². The van der Waals surface area contributed by atoms with Gasteiger partial charge in [-0.3, -0.25) is 0 Å². The lowest BCUT2D eigenvalue weighted by atomic mass is 9.72. The summed E-state index contributed by atoms with van der Waals surface area (Å²) in [7, 11) is 2.32. The fraction of sp³-hybridized carbons (Fsp3) is 1.00. The molecule has 0 aromatic rings. The zero-order chi connectivity index (χ0) is 9.31. The number of hydrogen-bond acceptors (Lipinski definition) is 1. The van der Waals surface area contributed by atoms with Crippen molar-refractivity contribution >= 4 is 0 Å². The minimum Gasteiger partial charge on any atom is -0.303 e. The van der Waals surface area contributed by atoms with E-state index >= 15 is 0 Å². The van der Waals surface area contributed by atoms with E-state index in [0.29, 0.717) is 0 Å². The van der Waals surface area contributed by atoms with Crippen LogP contribution in [0.15, 0.2) is 0 Å². The zero-order valence-electron chi connectivity index (χ0n) is 9.18. The molecule has 1 saturated carbocycles. The first-order valence-corrected chi connectivity index (χ1v) is 5.96. The van der Waals surface area contributed by atoms with E-state index < -0.39 is 0 Å². The van der Waals surface area contributed by atoms with E-state index in [1.165, 1.54) is 51.5 Å². The number of likely N-dealkylation sites (tertiary alicyclic amines) is 1. The summed E-state index contributed by atoms with van der Waals surface area (Å²) >= 11 is 0. The molecule has 0 amide bonds. The summed E-state index contributed by atoms with van der Waals surface area (Å²) in [5.41, 5.74) is 0.744. The first kappa shape index (κ1) is 9.51. The van der Waals surface area contributed by atoms with Crippen LogP contribution in [0.2, 0.25) is 0 Å². The molecule has 0 aromatic heterocycles. The molecular formula is C12H23N. The minimum atomic E-state index is 0.744. The highest BCUT2D eigenvalue weighted by molar-refractivity contribution is 4.95. The van der Waals surface area contributed by atoms with Crippen molar-refractivity contribution in [2.75, 3.05) is 13.6 Å². The molecule has 1 spiro atoms. The quantitative estimate of drug-likeness (QED) is 0.601. The Hall–Kier alpha value is -0.0400. The van der Waals surface area contributed by atoms with Gasteiger partial charge in [0.05, 0.1) is 0 Å². The molecule has 0 N–H and O–H groups in total. The van der Waals surface area contributed by atoms with Crippen LogP contribution in [0.1, 0.15) is 51.9 Å². The van der Waals surface area contributed by atoms with Crippen molar-refractivity contribution in [3.63, 3.8) is 0 Å². The second-order valence-electron chi connectivity index (χ2n) is 5.24. The average molecular weight is 181 g/mol. The Kier molecular flexibility index (Phi) is 2.64. The normalized spacial score (nSPS) is 34.2. The molecule has 1 nitrogen and oxygen atoms in total. The van der Waals surface area contributed by atoms with Crippen LogP contribution in [-0.2, 0) is 0 Å². The molecule has 2 fully saturated rings. The maximum Gasteiger partial charge on any atom is 0.00955 e. The van der Waals surface area contributed by atoms with Crippen molar-refractivity contribution in [3.8, 4) is 0 Å². The molecule has 1 atom stereocenters. The first-order valence-electron chi connectivity index (χ1n) is 5.96. The van der Waals surface area contributed by atoms with Gasteiger partial charge in [0.25, 0.3) is 0 Å². The van der Waals surface area contributed by atoms with Crippen LogP contribution in [0.3, 0.4) is 0 Å². The lowest BCUT2D eigenvalue weighted by Gasteiger charge is -2.33. The largest absolute Gasteiger partial charge is 0.303 e. The van der Waals surface area contributed by atoms with E-state index in [-0.39, 0.29) is 0 Å². The Labute approximate surface area is 82.5 Å². The molecule has 1 saturated heterocycles. The summed E-state index contributed by atoms with van der Waals surface area (Å²) in [5.74, 6) is 0. The van der Waals surface area contributed by atoms with Crippen molar-refractivity contribution < 1.29 is 0 Å². The van der Waals surface area contributed by atoms with Crippen molar-refractivity contribution in [1.29, 1.82) is 0 Å². The highest BCUT2D eigenvalue weighted by Crippen LogP contribution is 2.46. The van der Waals surface area contributed by atoms with Gasteiger partial charge in [0.1, 0.15) is 0 Å². The molecule has 2 rings (SSSR count). The summed E-state index contributed by atoms with van der Waals surface area (Å²) in [6.07, 6.45) is 10.3. The highest BCUT2D eigenvalue weighted by Gasteiger charge is 2.41. The van der Waals surface area contributed by atoms with E-state index in [2.05, 4.69) is 18.9 Å². The average Bonchev–Trinajstić information content (AvgIpc) is 2.44. The van der Waals surface area contributed by atoms with Gasteiger partial charge in [-0.25, -0.2) is 0 Å². The van der Waals surface area contributed by atoms with Crippen molar-refractivity contribution in [2.24, 2.45) is 5.41 Å². The summed E-state index contributed by atoms with van der Waals surface area (Å²) in [6, 6.07) is 0.887. The third-order valence-corrected chi connectivity index (χ3v) is 4.26. The summed E-state index contributed by atoms with van der Waals surface area (Å²) in [4.78, 5) is 2.60. The van der Waals surface area contributed by atoms with E-state index in [1.807, 2.05) is 0 Å². The molecule has 76 valence electrons. The smallest absolute Gasteiger partial charge is 0.00955 e. The lowest BCUT2D eigenvalue weighted by Crippen LogP contribution is -2.28. The SMILES string of the molecule is CC[C@@H]1CC2(CCCCC2)CN1C. The van der Waals surface area contributed by atoms with E-state index in [0.717, 1.165) is 11.5 Å². The van der Waals surface area contributed by atoms with Gasteiger partial charge in [-0.05, 0) is 38.1 Å². The Morgan fingerprint density at radius 1 is 1.23 bits per heavy atom. The Morgan fingerprint density at radius 2 is 1.92 bits per heavy atom. The molecule has 1 heterocycles. The maximum atomic E-state index is 2.60. The van der Waals surface area contributed by atoms with Gasteiger partial charge in [0, 0.05) is 12.6 Å². The van der Waals surface area contributed by atoms with Crippen LogP contribution in [0.25, 0.3) is 0 Å². The van der Waals surface area contributed by atoms with Crippen molar-refractivity contribution in [1.82, 2.24) is 4.90 Å². The molecule has 1 aliphatic heterocycles. The van der Waals surface area contributed by atoms with Crippen LogP contribution in [0.4, 0.5) is 0 Å². The van der Waals surface area contributed by atoms with Gasteiger partial charge in [-0.15, -0.1) is 0 Å². The van der Waals surface area contributed by atoms with E-state index in [4.69, 9.17) is 0 Å². The van der Waals surface area contributed by atoms with Gasteiger partial charge in [-0.1, -0.05) is 26.2 Å². The van der Waals surface area contributed by atoms with E-state index in [9.17, 15) is 0 Å². The number of nitrogens with zero attached hydrogens (tertiary/aromatic N) is 1. The Morgan fingerprint density at radius 3 is 2.46 bits per heavy atom. The molecule has 0 unspecified atom stereocenters. The van der Waals surface area contributed by atoms with Crippen LogP contribution in [0, 0.1) is 5.41 Å². The van der Waals surface area contributed by atoms with Gasteiger partial charge in [-0.2, -0.15) is 0 Å². The maximum absolute atomic E-state index is 2.60. The number of rotatable bonds is 1. The molecule has 2 aliphatic rings. The third kappa shape index (κ3) is 1.76. The highest BCUT2D eigenvalue weighted by atomic mass is 15.2. The second kappa shape index (κ2) is 3.61. The summed E-state index contributed by atoms with van der Waals surface area (Å²) < 4.78 is 0. The van der Waals surface area contributed by atoms with Crippen LogP contribution < -0.4 is 0 Å². The monoisotopic (exact) mass is 181 g/mol. The molecule has 1 aliphatic carbocycles. The van der Waals surface area contributed by atoms with Crippen molar-refractivity contribution in [2.45, 2.75) is 57.9 Å². The van der Waals surface area contributed by atoms with Crippen LogP contribution >= 0.6 is 0 Å². The first-order chi connectivity index (χ1) is 6.26. The van der Waals surface area contributed by atoms with Gasteiger partial charge < -0.3 is 4.90 Å². The predicted molar refractivity (Wildman–Crippen MR) is 56.8 cm³/mol. The molecule has 1 heteroatoms. The zero-order valence-corrected chi connectivity index (χ0v) is 9.18. The third-order valence-electron chi connectivity index (χ3n) is 4.26. The fourth-order valence-corrected chi connectivity index (χ4v) is 3.50. The Bertz CT molecular complexity index is 170. The molecule has 0 aromatic carbocycles.